The fourth-order valence-electron chi connectivity index (χ4n) is 2.77. The number of amides is 1. The van der Waals surface area contributed by atoms with E-state index in [1.54, 1.807) is 30.2 Å². The molecule has 126 valence electrons. The predicted molar refractivity (Wildman–Crippen MR) is 86.9 cm³/mol. The van der Waals surface area contributed by atoms with E-state index >= 15 is 0 Å². The number of carboxylic acid groups (broad SMARTS) is 1. The van der Waals surface area contributed by atoms with Crippen LogP contribution in [0, 0.1) is 0 Å². The van der Waals surface area contributed by atoms with Gasteiger partial charge in [-0.05, 0) is 31.5 Å². The van der Waals surface area contributed by atoms with Crippen molar-refractivity contribution in [3.8, 4) is 5.75 Å². The molecular formula is C16H21ClN2O4. The second kappa shape index (κ2) is 7.19. The van der Waals surface area contributed by atoms with Gasteiger partial charge in [0.1, 0.15) is 5.75 Å². The van der Waals surface area contributed by atoms with Gasteiger partial charge in [0.25, 0.3) is 0 Å². The van der Waals surface area contributed by atoms with Crippen LogP contribution in [0.15, 0.2) is 18.2 Å². The molecular weight excluding hydrogens is 320 g/mol. The van der Waals surface area contributed by atoms with Crippen molar-refractivity contribution in [2.24, 2.45) is 0 Å². The predicted octanol–water partition coefficient (Wildman–Crippen LogP) is 1.56. The van der Waals surface area contributed by atoms with Crippen LogP contribution in [0.1, 0.15) is 18.9 Å². The number of nitrogens with one attached hydrogen (secondary N) is 1. The second-order valence-electron chi connectivity index (χ2n) is 6.01. The number of methoxy groups -OCH3 is 1. The zero-order chi connectivity index (χ0) is 17.0. The monoisotopic (exact) mass is 340 g/mol. The van der Waals surface area contributed by atoms with E-state index in [2.05, 4.69) is 5.32 Å². The first kappa shape index (κ1) is 17.6. The summed E-state index contributed by atoms with van der Waals surface area (Å²) in [6.45, 7) is 2.91. The molecule has 1 amide bonds. The minimum atomic E-state index is -0.903. The van der Waals surface area contributed by atoms with Gasteiger partial charge in [0, 0.05) is 29.2 Å². The fraction of sp³-hybridized carbons (Fsp3) is 0.500. The first-order chi connectivity index (χ1) is 10.8. The molecule has 1 saturated heterocycles. The molecule has 6 nitrogen and oxygen atoms in total. The number of aliphatic carboxylic acids is 1. The highest BCUT2D eigenvalue weighted by Crippen LogP contribution is 2.26. The molecule has 1 aliphatic rings. The lowest BCUT2D eigenvalue weighted by Crippen LogP contribution is -2.47. The number of nitrogens with zero attached hydrogens (tertiary/aromatic N) is 1. The van der Waals surface area contributed by atoms with Crippen molar-refractivity contribution in [3.05, 3.63) is 28.8 Å². The van der Waals surface area contributed by atoms with E-state index in [0.717, 1.165) is 12.0 Å². The van der Waals surface area contributed by atoms with Crippen LogP contribution in [0.2, 0.25) is 5.02 Å². The van der Waals surface area contributed by atoms with Crippen molar-refractivity contribution in [1.82, 2.24) is 10.2 Å². The molecule has 1 fully saturated rings. The van der Waals surface area contributed by atoms with Gasteiger partial charge in [0.05, 0.1) is 20.1 Å². The molecule has 0 unspecified atom stereocenters. The lowest BCUT2D eigenvalue weighted by atomic mass is 10.0. The molecule has 0 aromatic heterocycles. The Hall–Kier alpha value is -1.79. The molecule has 7 heteroatoms. The maximum atomic E-state index is 12.5. The van der Waals surface area contributed by atoms with Crippen molar-refractivity contribution in [3.63, 3.8) is 0 Å². The number of carbonyl (C=O) groups is 2. The van der Waals surface area contributed by atoms with Crippen LogP contribution >= 0.6 is 11.6 Å². The topological polar surface area (TPSA) is 78.9 Å². The third-order valence-electron chi connectivity index (χ3n) is 4.08. The van der Waals surface area contributed by atoms with Crippen LogP contribution in [0.5, 0.6) is 5.75 Å². The van der Waals surface area contributed by atoms with Gasteiger partial charge in [-0.15, -0.1) is 0 Å². The molecule has 2 rings (SSSR count). The highest BCUT2D eigenvalue weighted by molar-refractivity contribution is 6.30. The number of ether oxygens (including phenoxy) is 1. The Morgan fingerprint density at radius 3 is 2.87 bits per heavy atom. The van der Waals surface area contributed by atoms with E-state index in [4.69, 9.17) is 21.4 Å². The number of carbonyl (C=O) groups excluding carboxylic acids is 1. The molecule has 1 aromatic carbocycles. The smallest absolute Gasteiger partial charge is 0.317 e. The summed E-state index contributed by atoms with van der Waals surface area (Å²) in [6.07, 6.45) is 0.928. The first-order valence-electron chi connectivity index (χ1n) is 7.40. The molecule has 0 saturated carbocycles. The number of hydrogen-bond acceptors (Lipinski definition) is 4. The number of hydrogen-bond donors (Lipinski definition) is 2. The largest absolute Gasteiger partial charge is 0.496 e. The number of benzene rings is 1. The average molecular weight is 341 g/mol. The third-order valence-corrected chi connectivity index (χ3v) is 4.31. The molecule has 2 N–H and O–H groups in total. The van der Waals surface area contributed by atoms with Gasteiger partial charge < -0.3 is 14.7 Å². The van der Waals surface area contributed by atoms with Crippen molar-refractivity contribution in [2.75, 3.05) is 26.7 Å². The molecule has 0 bridgehead atoms. The highest BCUT2D eigenvalue weighted by atomic mass is 35.5. The van der Waals surface area contributed by atoms with Crippen molar-refractivity contribution >= 4 is 23.5 Å². The molecule has 0 spiro atoms. The van der Waals surface area contributed by atoms with E-state index in [0.29, 0.717) is 23.9 Å². The standard InChI is InChI=1S/C16H21ClN2O4/c1-16(18-9-15(21)22)5-6-19(10-16)14(20)8-11-7-12(17)3-4-13(11)23-2/h3-4,7,18H,5-6,8-10H2,1-2H3,(H,21,22)/t16-/m1/s1. The number of carboxylic acids is 1. The van der Waals surface area contributed by atoms with Gasteiger partial charge in [0.15, 0.2) is 0 Å². The Labute approximate surface area is 140 Å². The summed E-state index contributed by atoms with van der Waals surface area (Å²) in [5.41, 5.74) is 0.379. The van der Waals surface area contributed by atoms with E-state index in [-0.39, 0.29) is 24.4 Å². The molecule has 0 aliphatic carbocycles. The SMILES string of the molecule is COc1ccc(Cl)cc1CC(=O)N1CC[C@@](C)(NCC(=O)O)C1. The molecule has 23 heavy (non-hydrogen) atoms. The zero-order valence-electron chi connectivity index (χ0n) is 13.3. The number of likely N-dealkylation sites (tertiary alicyclic amines) is 1. The van der Waals surface area contributed by atoms with E-state index in [1.807, 2.05) is 6.92 Å². The lowest BCUT2D eigenvalue weighted by Gasteiger charge is -2.25. The fourth-order valence-corrected chi connectivity index (χ4v) is 2.96. The minimum absolute atomic E-state index is 0.0218. The lowest BCUT2D eigenvalue weighted by molar-refractivity contribution is -0.136. The Morgan fingerprint density at radius 2 is 2.22 bits per heavy atom. The van der Waals surface area contributed by atoms with Gasteiger partial charge >= 0.3 is 5.97 Å². The molecule has 0 radical (unpaired) electrons. The van der Waals surface area contributed by atoms with Gasteiger partial charge in [-0.25, -0.2) is 0 Å². The summed E-state index contributed by atoms with van der Waals surface area (Å²) in [4.78, 5) is 24.9. The van der Waals surface area contributed by atoms with E-state index < -0.39 is 5.97 Å². The van der Waals surface area contributed by atoms with Gasteiger partial charge in [-0.2, -0.15) is 0 Å². The van der Waals surface area contributed by atoms with Crippen LogP contribution in [-0.4, -0.2) is 54.2 Å². The summed E-state index contributed by atoms with van der Waals surface area (Å²) >= 11 is 5.99. The molecule has 1 aromatic rings. The van der Waals surface area contributed by atoms with Crippen molar-refractivity contribution < 1.29 is 19.4 Å². The minimum Gasteiger partial charge on any atom is -0.496 e. The average Bonchev–Trinajstić information content (AvgIpc) is 2.89. The van der Waals surface area contributed by atoms with Gasteiger partial charge in [-0.3, -0.25) is 14.9 Å². The van der Waals surface area contributed by atoms with Crippen molar-refractivity contribution in [1.29, 1.82) is 0 Å². The summed E-state index contributed by atoms with van der Waals surface area (Å²) < 4.78 is 5.26. The Balaban J connectivity index is 2.00. The Kier molecular flexibility index (Phi) is 5.49. The van der Waals surface area contributed by atoms with Crippen LogP contribution in [0.25, 0.3) is 0 Å². The van der Waals surface area contributed by atoms with E-state index in [9.17, 15) is 9.59 Å². The van der Waals surface area contributed by atoms with Crippen LogP contribution in [0.3, 0.4) is 0 Å². The summed E-state index contributed by atoms with van der Waals surface area (Å²) in [5.74, 6) is -0.292. The quantitative estimate of drug-likeness (QED) is 0.821. The van der Waals surface area contributed by atoms with Crippen LogP contribution in [-0.2, 0) is 16.0 Å². The maximum absolute atomic E-state index is 12.5. The second-order valence-corrected chi connectivity index (χ2v) is 6.44. The van der Waals surface area contributed by atoms with E-state index in [1.165, 1.54) is 0 Å². The third kappa shape index (κ3) is 4.59. The summed E-state index contributed by atoms with van der Waals surface area (Å²) in [7, 11) is 1.56. The highest BCUT2D eigenvalue weighted by Gasteiger charge is 2.36. The Bertz CT molecular complexity index is 608. The van der Waals surface area contributed by atoms with Crippen LogP contribution < -0.4 is 10.1 Å². The zero-order valence-corrected chi connectivity index (χ0v) is 14.0. The molecule has 1 aliphatic heterocycles. The number of rotatable bonds is 6. The summed E-state index contributed by atoms with van der Waals surface area (Å²) in [6, 6.07) is 5.20. The van der Waals surface area contributed by atoms with Crippen molar-refractivity contribution in [2.45, 2.75) is 25.3 Å². The summed E-state index contributed by atoms with van der Waals surface area (Å²) in [5, 5.41) is 12.3. The molecule has 1 atom stereocenters. The van der Waals surface area contributed by atoms with Gasteiger partial charge in [0.2, 0.25) is 5.91 Å². The number of halogens is 1. The maximum Gasteiger partial charge on any atom is 0.317 e. The van der Waals surface area contributed by atoms with Gasteiger partial charge in [-0.1, -0.05) is 11.6 Å². The van der Waals surface area contributed by atoms with Crippen LogP contribution in [0.4, 0.5) is 0 Å². The normalized spacial score (nSPS) is 20.6. The Morgan fingerprint density at radius 1 is 1.48 bits per heavy atom. The first-order valence-corrected chi connectivity index (χ1v) is 7.78. The molecule has 1 heterocycles.